The molecule has 0 unspecified atom stereocenters. The second kappa shape index (κ2) is 10.3. The Bertz CT molecular complexity index is 823. The Hall–Kier alpha value is -2.57. The van der Waals surface area contributed by atoms with Gasteiger partial charge in [-0.3, -0.25) is 4.79 Å². The largest absolute Gasteiger partial charge is 0.467 e. The van der Waals surface area contributed by atoms with Crippen LogP contribution in [0.4, 0.5) is 5.69 Å². The number of benzene rings is 2. The molecule has 154 valence electrons. The lowest BCUT2D eigenvalue weighted by Gasteiger charge is -2.33. The predicted molar refractivity (Wildman–Crippen MR) is 113 cm³/mol. The van der Waals surface area contributed by atoms with E-state index in [0.717, 1.165) is 42.5 Å². The monoisotopic (exact) mass is 416 g/mol. The molecule has 6 nitrogen and oxygen atoms in total. The zero-order valence-electron chi connectivity index (χ0n) is 16.6. The van der Waals surface area contributed by atoms with Gasteiger partial charge in [0.05, 0.1) is 33.3 Å². The lowest BCUT2D eigenvalue weighted by atomic mass is 10.1. The summed E-state index contributed by atoms with van der Waals surface area (Å²) in [6.07, 6.45) is 0.414. The molecule has 29 heavy (non-hydrogen) atoms. The Balaban J connectivity index is 1.51. The van der Waals surface area contributed by atoms with Gasteiger partial charge in [0.15, 0.2) is 6.54 Å². The van der Waals surface area contributed by atoms with Crippen LogP contribution in [-0.4, -0.2) is 57.8 Å². The lowest BCUT2D eigenvalue weighted by molar-refractivity contribution is -0.892. The molecule has 1 fully saturated rings. The number of amides is 1. The van der Waals surface area contributed by atoms with E-state index in [2.05, 4.69) is 10.2 Å². The summed E-state index contributed by atoms with van der Waals surface area (Å²) in [4.78, 5) is 28.1. The third-order valence-electron chi connectivity index (χ3n) is 5.16. The first-order chi connectivity index (χ1) is 14.0. The first kappa shape index (κ1) is 21.1. The zero-order valence-corrected chi connectivity index (χ0v) is 17.3. The third kappa shape index (κ3) is 6.21. The van der Waals surface area contributed by atoms with Crippen molar-refractivity contribution in [2.24, 2.45) is 0 Å². The van der Waals surface area contributed by atoms with E-state index in [1.54, 1.807) is 0 Å². The van der Waals surface area contributed by atoms with Gasteiger partial charge in [-0.15, -0.1) is 0 Å². The van der Waals surface area contributed by atoms with E-state index in [4.69, 9.17) is 16.3 Å². The van der Waals surface area contributed by atoms with E-state index in [1.165, 1.54) is 12.0 Å². The Morgan fingerprint density at radius 3 is 2.52 bits per heavy atom. The fourth-order valence-electron chi connectivity index (χ4n) is 3.59. The summed E-state index contributed by atoms with van der Waals surface area (Å²) in [5.74, 6) is -0.564. The molecular formula is C22H27ClN3O3+. The molecule has 0 aromatic heterocycles. The second-order valence-corrected chi connectivity index (χ2v) is 7.66. The molecule has 0 spiro atoms. The summed E-state index contributed by atoms with van der Waals surface area (Å²) >= 11 is 6.08. The van der Waals surface area contributed by atoms with Gasteiger partial charge in [-0.1, -0.05) is 48.0 Å². The van der Waals surface area contributed by atoms with Crippen molar-refractivity contribution in [2.45, 2.75) is 12.5 Å². The minimum Gasteiger partial charge on any atom is -0.467 e. The molecule has 0 aliphatic carbocycles. The number of carbonyl (C=O) groups is 2. The van der Waals surface area contributed by atoms with Gasteiger partial charge in [0.25, 0.3) is 5.91 Å². The maximum Gasteiger partial charge on any atom is 0.328 e. The maximum absolute atomic E-state index is 12.6. The summed E-state index contributed by atoms with van der Waals surface area (Å²) in [5, 5.41) is 3.57. The molecule has 0 radical (unpaired) electrons. The molecule has 1 amide bonds. The average molecular weight is 417 g/mol. The van der Waals surface area contributed by atoms with Crippen molar-refractivity contribution in [1.82, 2.24) is 5.32 Å². The number of nitrogens with zero attached hydrogens (tertiary/aromatic N) is 1. The van der Waals surface area contributed by atoms with E-state index < -0.39 is 12.0 Å². The van der Waals surface area contributed by atoms with Crippen molar-refractivity contribution in [1.29, 1.82) is 0 Å². The fourth-order valence-corrected chi connectivity index (χ4v) is 3.77. The first-order valence-corrected chi connectivity index (χ1v) is 10.2. The van der Waals surface area contributed by atoms with Crippen LogP contribution in [0.25, 0.3) is 0 Å². The predicted octanol–water partition coefficient (Wildman–Crippen LogP) is 0.945. The van der Waals surface area contributed by atoms with Crippen molar-refractivity contribution in [3.8, 4) is 0 Å². The number of rotatable bonds is 7. The Morgan fingerprint density at radius 1 is 1.14 bits per heavy atom. The van der Waals surface area contributed by atoms with Gasteiger partial charge in [-0.05, 0) is 23.8 Å². The van der Waals surface area contributed by atoms with Gasteiger partial charge in [0.1, 0.15) is 6.04 Å². The molecule has 2 aromatic carbocycles. The molecule has 1 aliphatic rings. The molecular weight excluding hydrogens is 390 g/mol. The minimum absolute atomic E-state index is 0.137. The van der Waals surface area contributed by atoms with Crippen molar-refractivity contribution in [2.75, 3.05) is 44.7 Å². The summed E-state index contributed by atoms with van der Waals surface area (Å²) in [6.45, 7) is 3.75. The van der Waals surface area contributed by atoms with Crippen LogP contribution < -0.4 is 15.1 Å². The van der Waals surface area contributed by atoms with E-state index in [1.807, 2.05) is 54.6 Å². The van der Waals surface area contributed by atoms with Crippen LogP contribution in [0.15, 0.2) is 54.6 Å². The number of halogens is 1. The van der Waals surface area contributed by atoms with Crippen molar-refractivity contribution >= 4 is 29.2 Å². The summed E-state index contributed by atoms with van der Waals surface area (Å²) < 4.78 is 4.87. The number of carbonyl (C=O) groups excluding carboxylic acids is 2. The number of ether oxygens (including phenoxy) is 1. The molecule has 2 N–H and O–H groups in total. The highest BCUT2D eigenvalue weighted by molar-refractivity contribution is 6.30. The Morgan fingerprint density at radius 2 is 1.86 bits per heavy atom. The molecule has 1 aliphatic heterocycles. The average Bonchev–Trinajstić information content (AvgIpc) is 2.74. The van der Waals surface area contributed by atoms with Gasteiger partial charge in [0.2, 0.25) is 0 Å². The van der Waals surface area contributed by atoms with Crippen LogP contribution in [0, 0.1) is 0 Å². The van der Waals surface area contributed by atoms with E-state index >= 15 is 0 Å². The van der Waals surface area contributed by atoms with Crippen LogP contribution in [0.5, 0.6) is 0 Å². The number of hydrogen-bond donors (Lipinski definition) is 2. The Labute approximate surface area is 176 Å². The van der Waals surface area contributed by atoms with Gasteiger partial charge in [0, 0.05) is 17.1 Å². The molecule has 0 bridgehead atoms. The van der Waals surface area contributed by atoms with Crippen LogP contribution in [0.1, 0.15) is 5.56 Å². The van der Waals surface area contributed by atoms with E-state index in [-0.39, 0.29) is 5.91 Å². The molecule has 1 heterocycles. The smallest absolute Gasteiger partial charge is 0.328 e. The Kier molecular flexibility index (Phi) is 7.49. The molecule has 1 saturated heterocycles. The van der Waals surface area contributed by atoms with Crippen LogP contribution in [0.2, 0.25) is 5.02 Å². The molecule has 3 rings (SSSR count). The third-order valence-corrected chi connectivity index (χ3v) is 5.39. The number of methoxy groups -OCH3 is 1. The number of quaternary nitrogens is 1. The van der Waals surface area contributed by atoms with Gasteiger partial charge < -0.3 is 19.9 Å². The summed E-state index contributed by atoms with van der Waals surface area (Å²) in [6, 6.07) is 16.8. The maximum atomic E-state index is 12.6. The van der Waals surface area contributed by atoms with Gasteiger partial charge in [-0.2, -0.15) is 0 Å². The number of esters is 1. The summed E-state index contributed by atoms with van der Waals surface area (Å²) in [7, 11) is 1.34. The first-order valence-electron chi connectivity index (χ1n) is 9.80. The molecule has 1 atom stereocenters. The molecule has 0 saturated carbocycles. The quantitative estimate of drug-likeness (QED) is 0.660. The minimum atomic E-state index is -0.679. The van der Waals surface area contributed by atoms with Gasteiger partial charge >= 0.3 is 5.97 Å². The SMILES string of the molecule is COC(=O)[C@@H](Cc1ccccc1)NC(=O)C[NH+]1CCN(c2cccc(Cl)c2)CC1. The number of nitrogens with one attached hydrogen (secondary N) is 2. The fraction of sp³-hybridized carbons (Fsp3) is 0.364. The topological polar surface area (TPSA) is 63.1 Å². The normalized spacial score (nSPS) is 15.6. The van der Waals surface area contributed by atoms with E-state index in [9.17, 15) is 9.59 Å². The van der Waals surface area contributed by atoms with Crippen LogP contribution >= 0.6 is 11.6 Å². The van der Waals surface area contributed by atoms with Crippen LogP contribution in [-0.2, 0) is 20.7 Å². The highest BCUT2D eigenvalue weighted by Gasteiger charge is 2.26. The lowest BCUT2D eigenvalue weighted by Crippen LogP contribution is -3.16. The van der Waals surface area contributed by atoms with Gasteiger partial charge in [-0.25, -0.2) is 4.79 Å². The highest BCUT2D eigenvalue weighted by atomic mass is 35.5. The van der Waals surface area contributed by atoms with Crippen molar-refractivity contribution in [3.63, 3.8) is 0 Å². The van der Waals surface area contributed by atoms with Crippen molar-refractivity contribution < 1.29 is 19.2 Å². The number of hydrogen-bond acceptors (Lipinski definition) is 4. The van der Waals surface area contributed by atoms with Crippen LogP contribution in [0.3, 0.4) is 0 Å². The molecule has 2 aromatic rings. The second-order valence-electron chi connectivity index (χ2n) is 7.23. The number of anilines is 1. The van der Waals surface area contributed by atoms with Crippen molar-refractivity contribution in [3.05, 3.63) is 65.2 Å². The standard InChI is InChI=1S/C22H26ClN3O3/c1-29-22(28)20(14-17-6-3-2-4-7-17)24-21(27)16-25-10-12-26(13-11-25)19-9-5-8-18(23)15-19/h2-9,15,20H,10-14,16H2,1H3,(H,24,27)/p+1/t20-/m1/s1. The zero-order chi connectivity index (χ0) is 20.6. The highest BCUT2D eigenvalue weighted by Crippen LogP contribution is 2.19. The molecule has 7 heteroatoms. The van der Waals surface area contributed by atoms with E-state index in [0.29, 0.717) is 13.0 Å². The number of piperazine rings is 1. The summed E-state index contributed by atoms with van der Waals surface area (Å²) in [5.41, 5.74) is 2.08.